The Hall–Kier alpha value is -2.93. The van der Waals surface area contributed by atoms with Gasteiger partial charge < -0.3 is 24.4 Å². The number of carbonyl (C=O) groups excluding carboxylic acids is 2. The van der Waals surface area contributed by atoms with Crippen LogP contribution < -0.4 is 14.8 Å². The Balaban J connectivity index is 1.38. The van der Waals surface area contributed by atoms with Crippen molar-refractivity contribution < 1.29 is 41.8 Å². The Bertz CT molecular complexity index is 1190. The number of anilines is 1. The topological polar surface area (TPSA) is 89.6 Å². The first-order valence-corrected chi connectivity index (χ1v) is 13.1. The van der Waals surface area contributed by atoms with Crippen LogP contribution in [0, 0.1) is 0 Å². The first-order valence-electron chi connectivity index (χ1n) is 12.3. The third-order valence-corrected chi connectivity index (χ3v) is 6.01. The molecule has 40 heavy (non-hydrogen) atoms. The van der Waals surface area contributed by atoms with Gasteiger partial charge in [0.25, 0.3) is 5.91 Å². The molecule has 1 amide bonds. The Morgan fingerprint density at radius 2 is 1.55 bits per heavy atom. The van der Waals surface area contributed by atoms with Crippen LogP contribution in [0.15, 0.2) is 36.4 Å². The average molecular weight is 608 g/mol. The SMILES string of the molecule is CC(C)(C)OC(=O)ON1CCN(CCOc2ccc(NC(=O)COc3ccc(C(F)(F)F)cc3Cl)cc2Cl)CC1. The molecule has 14 heteroatoms. The van der Waals surface area contributed by atoms with Crippen LogP contribution in [0.1, 0.15) is 26.3 Å². The molecular formula is C26H30Cl2F3N3O6. The fraction of sp³-hybridized carbons (Fsp3) is 0.462. The van der Waals surface area contributed by atoms with Crippen LogP contribution in [0.4, 0.5) is 23.7 Å². The number of hydrogen-bond acceptors (Lipinski definition) is 8. The number of ether oxygens (including phenoxy) is 3. The third kappa shape index (κ3) is 10.2. The predicted molar refractivity (Wildman–Crippen MR) is 143 cm³/mol. The van der Waals surface area contributed by atoms with E-state index in [4.69, 9.17) is 42.3 Å². The van der Waals surface area contributed by atoms with Crippen LogP contribution in [0.25, 0.3) is 0 Å². The highest BCUT2D eigenvalue weighted by Gasteiger charge is 2.31. The number of amides is 1. The molecule has 220 valence electrons. The van der Waals surface area contributed by atoms with Crippen molar-refractivity contribution in [3.8, 4) is 11.5 Å². The van der Waals surface area contributed by atoms with E-state index in [2.05, 4.69) is 10.2 Å². The summed E-state index contributed by atoms with van der Waals surface area (Å²) in [6.07, 6.45) is -5.26. The molecule has 0 bridgehead atoms. The first-order chi connectivity index (χ1) is 18.7. The van der Waals surface area contributed by atoms with E-state index >= 15 is 0 Å². The molecule has 0 aromatic heterocycles. The number of carbonyl (C=O) groups is 2. The number of nitrogens with zero attached hydrogens (tertiary/aromatic N) is 2. The second kappa shape index (κ2) is 13.6. The molecular weight excluding hydrogens is 578 g/mol. The fourth-order valence-electron chi connectivity index (χ4n) is 3.53. The zero-order valence-electron chi connectivity index (χ0n) is 22.1. The summed E-state index contributed by atoms with van der Waals surface area (Å²) in [6, 6.07) is 7.31. The highest BCUT2D eigenvalue weighted by atomic mass is 35.5. The fourth-order valence-corrected chi connectivity index (χ4v) is 4.00. The molecule has 0 saturated carbocycles. The summed E-state index contributed by atoms with van der Waals surface area (Å²) in [5, 5.41) is 4.17. The van der Waals surface area contributed by atoms with Crippen molar-refractivity contribution in [2.45, 2.75) is 32.5 Å². The van der Waals surface area contributed by atoms with Crippen molar-refractivity contribution in [1.82, 2.24) is 9.96 Å². The summed E-state index contributed by atoms with van der Waals surface area (Å²) in [6.45, 7) is 8.22. The van der Waals surface area contributed by atoms with Gasteiger partial charge in [-0.1, -0.05) is 23.2 Å². The number of alkyl halides is 3. The third-order valence-electron chi connectivity index (χ3n) is 5.42. The van der Waals surface area contributed by atoms with Gasteiger partial charge in [-0.25, -0.2) is 4.79 Å². The summed E-state index contributed by atoms with van der Waals surface area (Å²) in [7, 11) is 0. The van der Waals surface area contributed by atoms with Gasteiger partial charge in [-0.3, -0.25) is 9.69 Å². The molecule has 3 rings (SSSR count). The molecule has 1 aliphatic heterocycles. The molecule has 1 N–H and O–H groups in total. The van der Waals surface area contributed by atoms with Crippen LogP contribution in [-0.2, 0) is 20.5 Å². The zero-order valence-corrected chi connectivity index (χ0v) is 23.7. The summed E-state index contributed by atoms with van der Waals surface area (Å²) in [5.41, 5.74) is -1.16. The van der Waals surface area contributed by atoms with E-state index in [9.17, 15) is 22.8 Å². The van der Waals surface area contributed by atoms with E-state index in [1.807, 2.05) is 0 Å². The molecule has 2 aromatic rings. The molecule has 0 unspecified atom stereocenters. The van der Waals surface area contributed by atoms with Crippen LogP contribution in [0.2, 0.25) is 10.0 Å². The number of nitrogens with one attached hydrogen (secondary N) is 1. The maximum atomic E-state index is 12.8. The van der Waals surface area contributed by atoms with E-state index in [0.717, 1.165) is 18.2 Å². The Morgan fingerprint density at radius 1 is 0.925 bits per heavy atom. The van der Waals surface area contributed by atoms with Gasteiger partial charge >= 0.3 is 12.3 Å². The Labute approximate surface area is 239 Å². The van der Waals surface area contributed by atoms with Crippen molar-refractivity contribution in [2.24, 2.45) is 0 Å². The van der Waals surface area contributed by atoms with Gasteiger partial charge in [0.05, 0.1) is 15.6 Å². The normalized spacial score (nSPS) is 14.9. The van der Waals surface area contributed by atoms with E-state index in [0.29, 0.717) is 50.8 Å². The van der Waals surface area contributed by atoms with Crippen molar-refractivity contribution in [3.05, 3.63) is 52.0 Å². The highest BCUT2D eigenvalue weighted by Crippen LogP contribution is 2.34. The summed E-state index contributed by atoms with van der Waals surface area (Å²) >= 11 is 12.1. The van der Waals surface area contributed by atoms with E-state index in [-0.39, 0.29) is 15.8 Å². The second-order valence-corrected chi connectivity index (χ2v) is 10.6. The summed E-state index contributed by atoms with van der Waals surface area (Å²) < 4.78 is 54.4. The lowest BCUT2D eigenvalue weighted by molar-refractivity contribution is -0.158. The predicted octanol–water partition coefficient (Wildman–Crippen LogP) is 5.89. The lowest BCUT2D eigenvalue weighted by atomic mass is 10.2. The van der Waals surface area contributed by atoms with Crippen molar-refractivity contribution >= 4 is 41.0 Å². The Morgan fingerprint density at radius 3 is 2.15 bits per heavy atom. The van der Waals surface area contributed by atoms with Crippen molar-refractivity contribution in [1.29, 1.82) is 0 Å². The minimum Gasteiger partial charge on any atom is -0.491 e. The summed E-state index contributed by atoms with van der Waals surface area (Å²) in [5.74, 6) is -0.182. The Kier molecular flexibility index (Phi) is 10.8. The van der Waals surface area contributed by atoms with Crippen LogP contribution in [0.5, 0.6) is 11.5 Å². The number of rotatable bonds is 9. The van der Waals surface area contributed by atoms with Gasteiger partial charge in [-0.05, 0) is 57.2 Å². The average Bonchev–Trinajstić information content (AvgIpc) is 2.84. The van der Waals surface area contributed by atoms with E-state index < -0.39 is 36.0 Å². The highest BCUT2D eigenvalue weighted by molar-refractivity contribution is 6.32. The maximum Gasteiger partial charge on any atom is 0.528 e. The lowest BCUT2D eigenvalue weighted by Crippen LogP contribution is -2.48. The molecule has 1 fully saturated rings. The number of halogens is 5. The molecule has 1 aliphatic rings. The van der Waals surface area contributed by atoms with Crippen molar-refractivity contribution in [2.75, 3.05) is 51.3 Å². The molecule has 0 radical (unpaired) electrons. The molecule has 0 aliphatic carbocycles. The largest absolute Gasteiger partial charge is 0.528 e. The quantitative estimate of drug-likeness (QED) is 0.353. The molecule has 2 aromatic carbocycles. The number of hydroxylamine groups is 2. The first kappa shape index (κ1) is 31.6. The molecule has 1 heterocycles. The standard InChI is InChI=1S/C26H30Cl2F3N3O6/c1-25(2,3)39-24(36)40-34-10-8-33(9-11-34)12-13-37-21-7-5-18(15-20(21)28)32-23(35)16-38-22-6-4-17(14-19(22)27)26(29,30)31/h4-7,14-15H,8-13,16H2,1-3H3,(H,32,35). The van der Waals surface area contributed by atoms with Crippen LogP contribution in [0.3, 0.4) is 0 Å². The zero-order chi connectivity index (χ0) is 29.5. The van der Waals surface area contributed by atoms with Gasteiger partial charge in [-0.2, -0.15) is 13.2 Å². The minimum absolute atomic E-state index is 0.0522. The number of piperazine rings is 1. The van der Waals surface area contributed by atoms with E-state index in [1.165, 1.54) is 6.07 Å². The number of hydrogen-bond donors (Lipinski definition) is 1. The molecule has 1 saturated heterocycles. The van der Waals surface area contributed by atoms with Crippen LogP contribution in [-0.4, -0.2) is 73.6 Å². The maximum absolute atomic E-state index is 12.8. The van der Waals surface area contributed by atoms with Gasteiger partial charge in [0.1, 0.15) is 23.7 Å². The van der Waals surface area contributed by atoms with Gasteiger partial charge in [0, 0.05) is 38.4 Å². The minimum atomic E-state index is -4.54. The molecule has 9 nitrogen and oxygen atoms in total. The number of benzene rings is 2. The van der Waals surface area contributed by atoms with Gasteiger partial charge in [0.2, 0.25) is 0 Å². The van der Waals surface area contributed by atoms with E-state index in [1.54, 1.807) is 38.0 Å². The van der Waals surface area contributed by atoms with Crippen molar-refractivity contribution in [3.63, 3.8) is 0 Å². The summed E-state index contributed by atoms with van der Waals surface area (Å²) in [4.78, 5) is 31.4. The van der Waals surface area contributed by atoms with Gasteiger partial charge in [0.15, 0.2) is 6.61 Å². The van der Waals surface area contributed by atoms with Crippen LogP contribution >= 0.6 is 23.2 Å². The smallest absolute Gasteiger partial charge is 0.491 e. The second-order valence-electron chi connectivity index (χ2n) is 9.80. The lowest BCUT2D eigenvalue weighted by Gasteiger charge is -2.33. The van der Waals surface area contributed by atoms with Gasteiger partial charge in [-0.15, -0.1) is 5.06 Å². The molecule has 0 atom stereocenters. The molecule has 0 spiro atoms. The monoisotopic (exact) mass is 607 g/mol.